The Morgan fingerprint density at radius 3 is 2.80 bits per heavy atom. The number of rotatable bonds is 3. The average molecular weight is 403 g/mol. The van der Waals surface area contributed by atoms with E-state index < -0.39 is 9.84 Å². The molecule has 0 saturated carbocycles. The van der Waals surface area contributed by atoms with E-state index in [9.17, 15) is 13.2 Å². The van der Waals surface area contributed by atoms with Crippen molar-refractivity contribution in [3.63, 3.8) is 0 Å². The number of hydrogen-bond donors (Lipinski definition) is 0. The second kappa shape index (κ2) is 6.14. The maximum absolute atomic E-state index is 12.5. The van der Waals surface area contributed by atoms with Gasteiger partial charge in [-0.15, -0.1) is 6.42 Å². The summed E-state index contributed by atoms with van der Waals surface area (Å²) in [6.45, 7) is 0.129. The smallest absolute Gasteiger partial charge is 0.254 e. The zero-order valence-corrected chi connectivity index (χ0v) is 13.7. The van der Waals surface area contributed by atoms with Crippen LogP contribution in [0.2, 0.25) is 0 Å². The lowest BCUT2D eigenvalue weighted by Crippen LogP contribution is -2.41. The summed E-state index contributed by atoms with van der Waals surface area (Å²) in [6, 6.07) is 6.87. The summed E-state index contributed by atoms with van der Waals surface area (Å²) in [4.78, 5) is 14.0. The second-order valence-corrected chi connectivity index (χ2v) is 8.18. The highest BCUT2D eigenvalue weighted by Gasteiger charge is 2.34. The van der Waals surface area contributed by atoms with Crippen LogP contribution in [0.25, 0.3) is 0 Å². The first-order valence-corrected chi connectivity index (χ1v) is 9.03. The summed E-state index contributed by atoms with van der Waals surface area (Å²) in [6.07, 6.45) is 5.77. The fourth-order valence-corrected chi connectivity index (χ4v) is 4.55. The molecular formula is C14H14INO3S. The Kier molecular flexibility index (Phi) is 4.70. The SMILES string of the molecule is C#CCN(C(=O)c1cccc(I)c1)C1CCS(=O)(=O)C1. The highest BCUT2D eigenvalue weighted by molar-refractivity contribution is 14.1. The monoisotopic (exact) mass is 403 g/mol. The Bertz CT molecular complexity index is 663. The van der Waals surface area contributed by atoms with Crippen molar-refractivity contribution < 1.29 is 13.2 Å². The van der Waals surface area contributed by atoms with Crippen LogP contribution in [0, 0.1) is 15.9 Å². The number of halogens is 1. The van der Waals surface area contributed by atoms with Gasteiger partial charge < -0.3 is 4.90 Å². The van der Waals surface area contributed by atoms with Crippen LogP contribution in [0.4, 0.5) is 0 Å². The number of carbonyl (C=O) groups is 1. The molecule has 0 aliphatic carbocycles. The number of nitrogens with zero attached hydrogens (tertiary/aromatic N) is 1. The van der Waals surface area contributed by atoms with Gasteiger partial charge in [0.1, 0.15) is 0 Å². The van der Waals surface area contributed by atoms with Crippen molar-refractivity contribution in [2.45, 2.75) is 12.5 Å². The maximum atomic E-state index is 12.5. The van der Waals surface area contributed by atoms with E-state index in [1.807, 2.05) is 6.07 Å². The van der Waals surface area contributed by atoms with Gasteiger partial charge in [0.2, 0.25) is 0 Å². The Morgan fingerprint density at radius 1 is 1.50 bits per heavy atom. The molecule has 1 aliphatic heterocycles. The Morgan fingerprint density at radius 2 is 2.25 bits per heavy atom. The van der Waals surface area contributed by atoms with Gasteiger partial charge in [0.15, 0.2) is 9.84 Å². The molecule has 2 rings (SSSR count). The van der Waals surface area contributed by atoms with Crippen molar-refractivity contribution in [3.8, 4) is 12.3 Å². The van der Waals surface area contributed by atoms with Crippen LogP contribution >= 0.6 is 22.6 Å². The van der Waals surface area contributed by atoms with Crippen LogP contribution in [0.3, 0.4) is 0 Å². The third kappa shape index (κ3) is 3.52. The molecule has 1 aliphatic rings. The molecular weight excluding hydrogens is 389 g/mol. The van der Waals surface area contributed by atoms with Crippen molar-refractivity contribution >= 4 is 38.3 Å². The zero-order valence-electron chi connectivity index (χ0n) is 10.8. The molecule has 4 nitrogen and oxygen atoms in total. The molecule has 0 aromatic heterocycles. The van der Waals surface area contributed by atoms with Crippen molar-refractivity contribution in [1.29, 1.82) is 0 Å². The third-order valence-corrected chi connectivity index (χ3v) is 5.66. The fourth-order valence-electron chi connectivity index (χ4n) is 2.27. The summed E-state index contributed by atoms with van der Waals surface area (Å²) < 4.78 is 24.1. The summed E-state index contributed by atoms with van der Waals surface area (Å²) in [7, 11) is -3.05. The minimum Gasteiger partial charge on any atom is -0.323 e. The van der Waals surface area contributed by atoms with Gasteiger partial charge in [-0.2, -0.15) is 0 Å². The summed E-state index contributed by atoms with van der Waals surface area (Å²) >= 11 is 2.13. The van der Waals surface area contributed by atoms with Crippen molar-refractivity contribution in [1.82, 2.24) is 4.90 Å². The number of sulfone groups is 1. The van der Waals surface area contributed by atoms with Gasteiger partial charge in [-0.3, -0.25) is 4.79 Å². The van der Waals surface area contributed by atoms with Gasteiger partial charge in [0.25, 0.3) is 5.91 Å². The first-order chi connectivity index (χ1) is 9.43. The van der Waals surface area contributed by atoms with Crippen molar-refractivity contribution in [2.75, 3.05) is 18.1 Å². The van der Waals surface area contributed by atoms with E-state index in [1.165, 1.54) is 4.90 Å². The zero-order chi connectivity index (χ0) is 14.8. The first kappa shape index (κ1) is 15.3. The first-order valence-electron chi connectivity index (χ1n) is 6.13. The lowest BCUT2D eigenvalue weighted by atomic mass is 10.1. The molecule has 0 spiro atoms. The Hall–Kier alpha value is -1.07. The van der Waals surface area contributed by atoms with Crippen LogP contribution in [0.15, 0.2) is 24.3 Å². The minimum atomic E-state index is -3.05. The molecule has 1 amide bonds. The Labute approximate surface area is 132 Å². The summed E-state index contributed by atoms with van der Waals surface area (Å²) in [5, 5.41) is 0. The van der Waals surface area contributed by atoms with E-state index in [1.54, 1.807) is 18.2 Å². The fraction of sp³-hybridized carbons (Fsp3) is 0.357. The molecule has 106 valence electrons. The van der Waals surface area contributed by atoms with E-state index in [0.717, 1.165) is 3.57 Å². The number of carbonyl (C=O) groups excluding carboxylic acids is 1. The average Bonchev–Trinajstić information content (AvgIpc) is 2.75. The van der Waals surface area contributed by atoms with Gasteiger partial charge in [-0.25, -0.2) is 8.42 Å². The molecule has 1 aromatic rings. The second-order valence-electron chi connectivity index (χ2n) is 4.70. The molecule has 0 N–H and O–H groups in total. The molecule has 1 atom stereocenters. The van der Waals surface area contributed by atoms with Gasteiger partial charge in [0.05, 0.1) is 18.1 Å². The predicted octanol–water partition coefficient (Wildman–Crippen LogP) is 1.55. The summed E-state index contributed by atoms with van der Waals surface area (Å²) in [5.74, 6) is 2.37. The number of benzene rings is 1. The molecule has 0 radical (unpaired) electrons. The van der Waals surface area contributed by atoms with Crippen molar-refractivity contribution in [2.24, 2.45) is 0 Å². The lowest BCUT2D eigenvalue weighted by molar-refractivity contribution is 0.0724. The lowest BCUT2D eigenvalue weighted by Gasteiger charge is -2.26. The molecule has 1 saturated heterocycles. The topological polar surface area (TPSA) is 54.5 Å². The predicted molar refractivity (Wildman–Crippen MR) is 86.1 cm³/mol. The Balaban J connectivity index is 2.25. The molecule has 1 fully saturated rings. The largest absolute Gasteiger partial charge is 0.323 e. The summed E-state index contributed by atoms with van der Waals surface area (Å²) in [5.41, 5.74) is 0.538. The number of terminal acetylenes is 1. The van der Waals surface area contributed by atoms with Crippen LogP contribution in [0.5, 0.6) is 0 Å². The minimum absolute atomic E-state index is 0.00431. The van der Waals surface area contributed by atoms with Gasteiger partial charge in [-0.05, 0) is 47.2 Å². The molecule has 1 heterocycles. The number of hydrogen-bond acceptors (Lipinski definition) is 3. The van der Waals surface area contributed by atoms with Crippen LogP contribution < -0.4 is 0 Å². The molecule has 1 aromatic carbocycles. The highest BCUT2D eigenvalue weighted by Crippen LogP contribution is 2.20. The van der Waals surface area contributed by atoms with E-state index in [-0.39, 0.29) is 30.0 Å². The van der Waals surface area contributed by atoms with Crippen LogP contribution in [-0.2, 0) is 9.84 Å². The van der Waals surface area contributed by atoms with Crippen molar-refractivity contribution in [3.05, 3.63) is 33.4 Å². The quantitative estimate of drug-likeness (QED) is 0.569. The molecule has 1 unspecified atom stereocenters. The van der Waals surface area contributed by atoms with Crippen LogP contribution in [0.1, 0.15) is 16.8 Å². The van der Waals surface area contributed by atoms with Crippen LogP contribution in [-0.4, -0.2) is 43.3 Å². The van der Waals surface area contributed by atoms with Gasteiger partial charge in [0, 0.05) is 15.2 Å². The molecule has 0 bridgehead atoms. The number of amides is 1. The van der Waals surface area contributed by atoms with E-state index in [0.29, 0.717) is 12.0 Å². The highest BCUT2D eigenvalue weighted by atomic mass is 127. The molecule has 20 heavy (non-hydrogen) atoms. The van der Waals surface area contributed by atoms with E-state index in [4.69, 9.17) is 6.42 Å². The standard InChI is InChI=1S/C14H14INO3S/c1-2-7-16(13-6-8-20(18,19)10-13)14(17)11-4-3-5-12(15)9-11/h1,3-5,9,13H,6-8,10H2. The normalized spacial score (nSPS) is 20.3. The molecule has 6 heteroatoms. The third-order valence-electron chi connectivity index (χ3n) is 3.24. The maximum Gasteiger partial charge on any atom is 0.254 e. The van der Waals surface area contributed by atoms with Gasteiger partial charge >= 0.3 is 0 Å². The van der Waals surface area contributed by atoms with E-state index >= 15 is 0 Å². The van der Waals surface area contributed by atoms with E-state index in [2.05, 4.69) is 28.5 Å². The van der Waals surface area contributed by atoms with Gasteiger partial charge in [-0.1, -0.05) is 12.0 Å².